The summed E-state index contributed by atoms with van der Waals surface area (Å²) in [6, 6.07) is 0. The van der Waals surface area contributed by atoms with E-state index in [1.54, 1.807) is 10.9 Å². The molecule has 0 spiro atoms. The van der Waals surface area contributed by atoms with E-state index in [2.05, 4.69) is 10.1 Å². The van der Waals surface area contributed by atoms with Gasteiger partial charge in [0.25, 0.3) is 0 Å². The third kappa shape index (κ3) is 3.56. The second-order valence-corrected chi connectivity index (χ2v) is 2.46. The molecule has 0 aliphatic rings. The van der Waals surface area contributed by atoms with Gasteiger partial charge in [0.05, 0.1) is 11.9 Å². The van der Waals surface area contributed by atoms with Crippen LogP contribution in [-0.4, -0.2) is 15.9 Å². The van der Waals surface area contributed by atoms with Gasteiger partial charge < -0.3 is 0 Å². The number of rotatable bonds is 2. The molecule has 0 saturated heterocycles. The lowest BCUT2D eigenvalue weighted by molar-refractivity contribution is 0.866. The van der Waals surface area contributed by atoms with E-state index in [-0.39, 0.29) is 0 Å². The minimum atomic E-state index is 0.869. The zero-order valence-electron chi connectivity index (χ0n) is 9.65. The maximum Gasteiger partial charge on any atom is 0.153 e. The molecule has 0 fully saturated rings. The second-order valence-electron chi connectivity index (χ2n) is 2.46. The summed E-state index contributed by atoms with van der Waals surface area (Å²) in [6.45, 7) is 9.80. The van der Waals surface area contributed by atoms with Gasteiger partial charge in [-0.05, 0) is 26.8 Å². The Bertz CT molecular complexity index is 279. The van der Waals surface area contributed by atoms with E-state index < -0.39 is 0 Å². The molecular formula is C11H19N3. The van der Waals surface area contributed by atoms with E-state index in [0.29, 0.717) is 0 Å². The quantitative estimate of drug-likeness (QED) is 0.664. The van der Waals surface area contributed by atoms with Crippen LogP contribution in [0.25, 0.3) is 6.08 Å². The van der Waals surface area contributed by atoms with Crippen molar-refractivity contribution in [2.75, 3.05) is 0 Å². The Morgan fingerprint density at radius 3 is 2.50 bits per heavy atom. The fraction of sp³-hybridized carbons (Fsp3) is 0.455. The van der Waals surface area contributed by atoms with Gasteiger partial charge >= 0.3 is 0 Å². The van der Waals surface area contributed by atoms with Crippen LogP contribution in [-0.2, 0) is 0 Å². The van der Waals surface area contributed by atoms with Crippen LogP contribution >= 0.6 is 0 Å². The monoisotopic (exact) mass is 193 g/mol. The predicted molar refractivity (Wildman–Crippen MR) is 62.6 cm³/mol. The summed E-state index contributed by atoms with van der Waals surface area (Å²) in [5.74, 6) is 0.869. The number of imidazole rings is 1. The molecule has 3 heteroatoms. The molecule has 1 aromatic rings. The minimum Gasteiger partial charge on any atom is -0.232 e. The van der Waals surface area contributed by atoms with E-state index in [1.165, 1.54) is 0 Å². The predicted octanol–water partition coefficient (Wildman–Crippen LogP) is 3.10. The molecule has 1 heterocycles. The Hall–Kier alpha value is -1.38. The van der Waals surface area contributed by atoms with Crippen LogP contribution in [0.4, 0.5) is 0 Å². The van der Waals surface area contributed by atoms with Crippen molar-refractivity contribution in [2.45, 2.75) is 34.6 Å². The maximum absolute atomic E-state index is 4.28. The number of hydrogen-bond donors (Lipinski definition) is 0. The van der Waals surface area contributed by atoms with Crippen molar-refractivity contribution < 1.29 is 0 Å². The van der Waals surface area contributed by atoms with Crippen LogP contribution in [0.15, 0.2) is 17.4 Å². The van der Waals surface area contributed by atoms with Gasteiger partial charge in [-0.25, -0.2) is 9.66 Å². The van der Waals surface area contributed by atoms with Crippen molar-refractivity contribution in [2.24, 2.45) is 5.10 Å². The lowest BCUT2D eigenvalue weighted by Gasteiger charge is -1.92. The molecule has 1 rings (SSSR count). The number of aryl methyl sites for hydroxylation is 1. The van der Waals surface area contributed by atoms with E-state index in [4.69, 9.17) is 0 Å². The van der Waals surface area contributed by atoms with Gasteiger partial charge in [0.1, 0.15) is 0 Å². The summed E-state index contributed by atoms with van der Waals surface area (Å²) in [6.07, 6.45) is 7.52. The summed E-state index contributed by atoms with van der Waals surface area (Å²) in [4.78, 5) is 4.28. The van der Waals surface area contributed by atoms with Crippen LogP contribution < -0.4 is 0 Å². The van der Waals surface area contributed by atoms with Crippen molar-refractivity contribution in [3.63, 3.8) is 0 Å². The first-order valence-electron chi connectivity index (χ1n) is 4.95. The molecule has 0 N–H and O–H groups in total. The normalized spacial score (nSPS) is 10.6. The summed E-state index contributed by atoms with van der Waals surface area (Å²) >= 11 is 0. The summed E-state index contributed by atoms with van der Waals surface area (Å²) in [7, 11) is 0. The fourth-order valence-corrected chi connectivity index (χ4v) is 0.983. The zero-order valence-corrected chi connectivity index (χ0v) is 9.65. The van der Waals surface area contributed by atoms with Crippen molar-refractivity contribution in [3.8, 4) is 0 Å². The molecule has 1 aromatic heterocycles. The molecule has 0 atom stereocenters. The first kappa shape index (κ1) is 12.6. The van der Waals surface area contributed by atoms with Gasteiger partial charge in [-0.3, -0.25) is 0 Å². The second kappa shape index (κ2) is 7.06. The average Bonchev–Trinajstić information content (AvgIpc) is 2.51. The Morgan fingerprint density at radius 2 is 2.00 bits per heavy atom. The van der Waals surface area contributed by atoms with E-state index in [0.717, 1.165) is 11.5 Å². The van der Waals surface area contributed by atoms with Crippen LogP contribution in [0, 0.1) is 6.92 Å². The van der Waals surface area contributed by atoms with E-state index >= 15 is 0 Å². The van der Waals surface area contributed by atoms with Gasteiger partial charge in [-0.2, -0.15) is 5.10 Å². The van der Waals surface area contributed by atoms with Gasteiger partial charge in [-0.1, -0.05) is 19.9 Å². The summed E-state index contributed by atoms with van der Waals surface area (Å²) in [5, 5.41) is 4.12. The van der Waals surface area contributed by atoms with Crippen LogP contribution in [0.5, 0.6) is 0 Å². The number of hydrogen-bond acceptors (Lipinski definition) is 2. The highest BCUT2D eigenvalue weighted by Crippen LogP contribution is 2.03. The van der Waals surface area contributed by atoms with Gasteiger partial charge in [-0.15, -0.1) is 0 Å². The highest BCUT2D eigenvalue weighted by atomic mass is 15.4. The molecule has 0 aliphatic heterocycles. The largest absolute Gasteiger partial charge is 0.232 e. The SMILES string of the molecule is C/C=C\c1nc(C)cn1/N=C\C.CC. The molecule has 0 unspecified atom stereocenters. The van der Waals surface area contributed by atoms with Gasteiger partial charge in [0.15, 0.2) is 5.82 Å². The van der Waals surface area contributed by atoms with Crippen LogP contribution in [0.3, 0.4) is 0 Å². The summed E-state index contributed by atoms with van der Waals surface area (Å²) < 4.78 is 1.76. The number of allylic oxidation sites excluding steroid dienone is 1. The highest BCUT2D eigenvalue weighted by Gasteiger charge is 1.98. The van der Waals surface area contributed by atoms with E-state index in [9.17, 15) is 0 Å². The molecule has 0 aliphatic carbocycles. The van der Waals surface area contributed by atoms with Gasteiger partial charge in [0, 0.05) is 6.21 Å². The highest BCUT2D eigenvalue weighted by molar-refractivity contribution is 5.53. The smallest absolute Gasteiger partial charge is 0.153 e. The molecular weight excluding hydrogens is 174 g/mol. The topological polar surface area (TPSA) is 30.2 Å². The Kier molecular flexibility index (Phi) is 6.37. The summed E-state index contributed by atoms with van der Waals surface area (Å²) in [5.41, 5.74) is 0.980. The molecule has 3 nitrogen and oxygen atoms in total. The lowest BCUT2D eigenvalue weighted by Crippen LogP contribution is -1.89. The molecule has 0 bridgehead atoms. The van der Waals surface area contributed by atoms with Crippen molar-refractivity contribution >= 4 is 12.3 Å². The van der Waals surface area contributed by atoms with Crippen molar-refractivity contribution in [1.82, 2.24) is 9.66 Å². The fourth-order valence-electron chi connectivity index (χ4n) is 0.983. The maximum atomic E-state index is 4.28. The van der Waals surface area contributed by atoms with E-state index in [1.807, 2.05) is 53.0 Å². The molecule has 0 amide bonds. The zero-order chi connectivity index (χ0) is 11.0. The average molecular weight is 193 g/mol. The standard InChI is InChI=1S/C9H13N3.C2H6/c1-4-6-9-11-8(3)7-12(9)10-5-2;1-2/h4-7H,1-3H3;1-2H3/b6-4-,10-5-;. The third-order valence-electron chi connectivity index (χ3n) is 1.39. The number of nitrogens with zero attached hydrogens (tertiary/aromatic N) is 3. The van der Waals surface area contributed by atoms with Crippen LogP contribution in [0.2, 0.25) is 0 Å². The Labute approximate surface area is 86.2 Å². The molecule has 0 aromatic carbocycles. The molecule has 0 radical (unpaired) electrons. The first-order chi connectivity index (χ1) is 6.77. The van der Waals surface area contributed by atoms with Crippen molar-refractivity contribution in [1.29, 1.82) is 0 Å². The minimum absolute atomic E-state index is 0.869. The Morgan fingerprint density at radius 1 is 1.36 bits per heavy atom. The Balaban J connectivity index is 0.000000791. The first-order valence-corrected chi connectivity index (χ1v) is 4.95. The molecule has 0 saturated carbocycles. The molecule has 78 valence electrons. The van der Waals surface area contributed by atoms with Gasteiger partial charge in [0.2, 0.25) is 0 Å². The third-order valence-corrected chi connectivity index (χ3v) is 1.39. The number of aromatic nitrogens is 2. The van der Waals surface area contributed by atoms with Crippen LogP contribution in [0.1, 0.15) is 39.2 Å². The lowest BCUT2D eigenvalue weighted by atomic mass is 10.5. The molecule has 14 heavy (non-hydrogen) atoms. The van der Waals surface area contributed by atoms with Crippen molar-refractivity contribution in [3.05, 3.63) is 23.8 Å².